The molecule has 0 unspecified atom stereocenters. The largest absolute Gasteiger partial charge is 0.496 e. The minimum atomic E-state index is -0.817. The van der Waals surface area contributed by atoms with Gasteiger partial charge in [-0.05, 0) is 70.8 Å². The van der Waals surface area contributed by atoms with Gasteiger partial charge in [0.05, 0.1) is 24.0 Å². The molecule has 0 fully saturated rings. The van der Waals surface area contributed by atoms with Crippen molar-refractivity contribution >= 4 is 29.3 Å². The van der Waals surface area contributed by atoms with Gasteiger partial charge in [-0.3, -0.25) is 4.79 Å². The minimum absolute atomic E-state index is 0.0957. The summed E-state index contributed by atoms with van der Waals surface area (Å²) >= 11 is 0. The van der Waals surface area contributed by atoms with Crippen molar-refractivity contribution in [2.24, 2.45) is 0 Å². The molecule has 0 radical (unpaired) electrons. The molecule has 1 heterocycles. The quantitative estimate of drug-likeness (QED) is 0.341. The molecule has 0 aromatic heterocycles. The summed E-state index contributed by atoms with van der Waals surface area (Å²) in [6, 6.07) is 16.1. The SMILES string of the molecule is COc1cc(OC(=O)N(C)CCN(C)C)ccc1-c1ccc2c(c1COC(=O)c1ccc(C)cc1)N(C)C(=O)C(C)(C)N2. The van der Waals surface area contributed by atoms with Crippen molar-refractivity contribution in [2.45, 2.75) is 32.9 Å². The van der Waals surface area contributed by atoms with Crippen LogP contribution in [0.3, 0.4) is 0 Å². The number of carbonyl (C=O) groups is 3. The van der Waals surface area contributed by atoms with Gasteiger partial charge >= 0.3 is 12.1 Å². The zero-order valence-corrected chi connectivity index (χ0v) is 26.1. The Hall–Kier alpha value is -4.57. The molecular formula is C33H40N4O6. The maximum absolute atomic E-state index is 13.3. The fourth-order valence-electron chi connectivity index (χ4n) is 4.92. The molecule has 0 saturated heterocycles. The second kappa shape index (κ2) is 12.7. The first-order valence-corrected chi connectivity index (χ1v) is 14.0. The zero-order chi connectivity index (χ0) is 31.5. The molecule has 0 spiro atoms. The van der Waals surface area contributed by atoms with Crippen molar-refractivity contribution < 1.29 is 28.6 Å². The van der Waals surface area contributed by atoms with Gasteiger partial charge in [0.2, 0.25) is 0 Å². The van der Waals surface area contributed by atoms with Gasteiger partial charge in [0.25, 0.3) is 5.91 Å². The summed E-state index contributed by atoms with van der Waals surface area (Å²) in [5.41, 5.74) is 4.00. The number of methoxy groups -OCH3 is 1. The van der Waals surface area contributed by atoms with Crippen LogP contribution in [0.1, 0.15) is 35.3 Å². The highest BCUT2D eigenvalue weighted by atomic mass is 16.6. The third-order valence-corrected chi connectivity index (χ3v) is 7.40. The van der Waals surface area contributed by atoms with E-state index in [4.69, 9.17) is 14.2 Å². The number of fused-ring (bicyclic) bond motifs is 1. The Bertz CT molecular complexity index is 1520. The monoisotopic (exact) mass is 588 g/mol. The highest BCUT2D eigenvalue weighted by Gasteiger charge is 2.39. The summed E-state index contributed by atoms with van der Waals surface area (Å²) in [6.45, 7) is 6.70. The third-order valence-electron chi connectivity index (χ3n) is 7.40. The van der Waals surface area contributed by atoms with Gasteiger partial charge < -0.3 is 34.2 Å². The number of hydrogen-bond donors (Lipinski definition) is 1. The molecule has 228 valence electrons. The van der Waals surface area contributed by atoms with E-state index < -0.39 is 17.6 Å². The normalized spacial score (nSPS) is 13.7. The van der Waals surface area contributed by atoms with E-state index in [0.717, 1.165) is 11.3 Å². The Balaban J connectivity index is 1.72. The van der Waals surface area contributed by atoms with Crippen LogP contribution < -0.4 is 19.7 Å². The van der Waals surface area contributed by atoms with E-state index in [1.165, 1.54) is 12.0 Å². The van der Waals surface area contributed by atoms with E-state index in [1.54, 1.807) is 49.3 Å². The number of amides is 2. The Morgan fingerprint density at radius 2 is 1.63 bits per heavy atom. The van der Waals surface area contributed by atoms with Crippen LogP contribution >= 0.6 is 0 Å². The number of ether oxygens (including phenoxy) is 3. The van der Waals surface area contributed by atoms with Crippen LogP contribution in [0.5, 0.6) is 11.5 Å². The maximum atomic E-state index is 13.3. The lowest BCUT2D eigenvalue weighted by Crippen LogP contribution is -2.52. The Morgan fingerprint density at radius 3 is 2.28 bits per heavy atom. The highest BCUT2D eigenvalue weighted by molar-refractivity contribution is 6.09. The van der Waals surface area contributed by atoms with Crippen LogP contribution in [-0.4, -0.2) is 81.7 Å². The summed E-state index contributed by atoms with van der Waals surface area (Å²) < 4.78 is 17.2. The van der Waals surface area contributed by atoms with Crippen LogP contribution in [0.2, 0.25) is 0 Å². The predicted octanol–water partition coefficient (Wildman–Crippen LogP) is 5.19. The summed E-state index contributed by atoms with van der Waals surface area (Å²) in [5, 5.41) is 3.32. The van der Waals surface area contributed by atoms with Crippen LogP contribution in [0.15, 0.2) is 54.6 Å². The molecule has 3 aromatic rings. The van der Waals surface area contributed by atoms with Gasteiger partial charge in [-0.1, -0.05) is 23.8 Å². The predicted molar refractivity (Wildman–Crippen MR) is 167 cm³/mol. The summed E-state index contributed by atoms with van der Waals surface area (Å²) in [4.78, 5) is 44.0. The summed E-state index contributed by atoms with van der Waals surface area (Å²) in [5.74, 6) is 0.166. The molecule has 10 heteroatoms. The molecule has 4 rings (SSSR count). The van der Waals surface area contributed by atoms with Gasteiger partial charge in [0.15, 0.2) is 0 Å². The fourth-order valence-corrected chi connectivity index (χ4v) is 4.92. The summed E-state index contributed by atoms with van der Waals surface area (Å²) in [7, 11) is 8.80. The molecule has 43 heavy (non-hydrogen) atoms. The lowest BCUT2D eigenvalue weighted by molar-refractivity contribution is -0.121. The van der Waals surface area contributed by atoms with E-state index in [-0.39, 0.29) is 12.5 Å². The molecule has 1 aliphatic heterocycles. The Morgan fingerprint density at radius 1 is 0.953 bits per heavy atom. The second-order valence-corrected chi connectivity index (χ2v) is 11.5. The van der Waals surface area contributed by atoms with Crippen LogP contribution in [0, 0.1) is 6.92 Å². The van der Waals surface area contributed by atoms with E-state index in [2.05, 4.69) is 5.32 Å². The number of rotatable bonds is 9. The lowest BCUT2D eigenvalue weighted by Gasteiger charge is -2.39. The van der Waals surface area contributed by atoms with Gasteiger partial charge in [-0.15, -0.1) is 0 Å². The van der Waals surface area contributed by atoms with Crippen LogP contribution in [-0.2, 0) is 16.1 Å². The highest BCUT2D eigenvalue weighted by Crippen LogP contribution is 2.45. The molecule has 1 N–H and O–H groups in total. The molecule has 0 saturated carbocycles. The number of aryl methyl sites for hydroxylation is 1. The number of nitrogens with one attached hydrogen (secondary N) is 1. The van der Waals surface area contributed by atoms with Crippen molar-refractivity contribution in [3.05, 3.63) is 71.3 Å². The van der Waals surface area contributed by atoms with Crippen LogP contribution in [0.25, 0.3) is 11.1 Å². The molecule has 2 amide bonds. The second-order valence-electron chi connectivity index (χ2n) is 11.5. The molecule has 3 aromatic carbocycles. The van der Waals surface area contributed by atoms with Gasteiger partial charge in [-0.25, -0.2) is 9.59 Å². The van der Waals surface area contributed by atoms with E-state index in [1.807, 2.05) is 64.0 Å². The lowest BCUT2D eigenvalue weighted by atomic mass is 9.91. The number of likely N-dealkylation sites (N-methyl/N-ethyl adjacent to an activating group) is 3. The van der Waals surface area contributed by atoms with Crippen LogP contribution in [0.4, 0.5) is 16.2 Å². The first kappa shape index (κ1) is 31.4. The Kier molecular flexibility index (Phi) is 9.30. The van der Waals surface area contributed by atoms with Crippen molar-refractivity contribution in [1.29, 1.82) is 0 Å². The van der Waals surface area contributed by atoms with Gasteiger partial charge in [0, 0.05) is 44.4 Å². The molecule has 0 atom stereocenters. The fraction of sp³-hybridized carbons (Fsp3) is 0.364. The molecular weight excluding hydrogens is 548 g/mol. The average Bonchev–Trinajstić information content (AvgIpc) is 2.97. The number of anilines is 2. The third kappa shape index (κ3) is 6.91. The van der Waals surface area contributed by atoms with Crippen molar-refractivity contribution in [3.63, 3.8) is 0 Å². The van der Waals surface area contributed by atoms with E-state index in [9.17, 15) is 14.4 Å². The van der Waals surface area contributed by atoms with Crippen molar-refractivity contribution in [3.8, 4) is 22.6 Å². The number of esters is 1. The van der Waals surface area contributed by atoms with Gasteiger partial charge in [-0.2, -0.15) is 0 Å². The minimum Gasteiger partial charge on any atom is -0.496 e. The first-order valence-electron chi connectivity index (χ1n) is 14.0. The number of hydrogen-bond acceptors (Lipinski definition) is 8. The topological polar surface area (TPSA) is 101 Å². The number of carbonyl (C=O) groups excluding carboxylic acids is 3. The Labute approximate surface area is 253 Å². The molecule has 0 aliphatic carbocycles. The standard InChI is InChI=1S/C33H40N4O6/c1-21-9-11-22(12-10-21)30(38)42-20-26-24(15-16-27-29(26)37(7)31(39)33(2,3)34-27)25-14-13-23(19-28(25)41-8)43-32(40)36(6)18-17-35(4)5/h9-16,19,34H,17-18,20H2,1-8H3. The number of benzene rings is 3. The van der Waals surface area contributed by atoms with Crippen molar-refractivity contribution in [1.82, 2.24) is 9.80 Å². The van der Waals surface area contributed by atoms with Gasteiger partial charge in [0.1, 0.15) is 23.6 Å². The van der Waals surface area contributed by atoms with E-state index in [0.29, 0.717) is 52.5 Å². The smallest absolute Gasteiger partial charge is 0.415 e. The molecule has 0 bridgehead atoms. The molecule has 1 aliphatic rings. The number of nitrogens with zero attached hydrogens (tertiary/aromatic N) is 3. The summed E-state index contributed by atoms with van der Waals surface area (Å²) in [6.07, 6.45) is -0.483. The molecule has 10 nitrogen and oxygen atoms in total. The zero-order valence-electron chi connectivity index (χ0n) is 26.1. The first-order chi connectivity index (χ1) is 20.3. The average molecular weight is 589 g/mol. The van der Waals surface area contributed by atoms with Crippen molar-refractivity contribution in [2.75, 3.05) is 58.6 Å². The van der Waals surface area contributed by atoms with E-state index >= 15 is 0 Å². The maximum Gasteiger partial charge on any atom is 0.415 e.